The summed E-state index contributed by atoms with van der Waals surface area (Å²) in [5.74, 6) is 0.0212. The van der Waals surface area contributed by atoms with Crippen LogP contribution in [0, 0.1) is 5.82 Å². The molecule has 7 heteroatoms. The molecule has 0 amide bonds. The van der Waals surface area contributed by atoms with Crippen molar-refractivity contribution in [3.8, 4) is 22.8 Å². The molecule has 0 atom stereocenters. The summed E-state index contributed by atoms with van der Waals surface area (Å²) in [6.45, 7) is 3.27. The number of rotatable bonds is 3. The van der Waals surface area contributed by atoms with E-state index in [0.29, 0.717) is 33.2 Å². The lowest BCUT2D eigenvalue weighted by molar-refractivity contribution is 0.0729. The summed E-state index contributed by atoms with van der Waals surface area (Å²) in [4.78, 5) is 4.37. The highest BCUT2D eigenvalue weighted by Crippen LogP contribution is 2.32. The van der Waals surface area contributed by atoms with Crippen molar-refractivity contribution in [1.29, 1.82) is 0 Å². The summed E-state index contributed by atoms with van der Waals surface area (Å²) >= 11 is 3.30. The van der Waals surface area contributed by atoms with Crippen LogP contribution in [0.1, 0.15) is 19.5 Å². The normalized spacial score (nSPS) is 11.7. The molecule has 0 radical (unpaired) electrons. The molecule has 0 bridgehead atoms. The third-order valence-corrected chi connectivity index (χ3v) is 3.75. The number of nitrogens with zero attached hydrogens (tertiary/aromatic N) is 3. The van der Waals surface area contributed by atoms with Gasteiger partial charge >= 0.3 is 0 Å². The molecule has 0 fully saturated rings. The van der Waals surface area contributed by atoms with Gasteiger partial charge in [0.15, 0.2) is 4.67 Å². The molecule has 2 heterocycles. The Morgan fingerprint density at radius 1 is 1.09 bits per heavy atom. The molecule has 0 unspecified atom stereocenters. The molecule has 0 aliphatic heterocycles. The number of halogens is 2. The van der Waals surface area contributed by atoms with Gasteiger partial charge in [-0.15, -0.1) is 5.10 Å². The molecule has 0 saturated carbocycles. The zero-order valence-corrected chi connectivity index (χ0v) is 14.0. The van der Waals surface area contributed by atoms with E-state index in [1.807, 2.05) is 0 Å². The van der Waals surface area contributed by atoms with Gasteiger partial charge in [-0.25, -0.2) is 9.37 Å². The van der Waals surface area contributed by atoms with Crippen LogP contribution in [0.15, 0.2) is 45.5 Å². The second-order valence-corrected chi connectivity index (χ2v) is 6.23. The van der Waals surface area contributed by atoms with Crippen molar-refractivity contribution in [3.63, 3.8) is 0 Å². The van der Waals surface area contributed by atoms with Gasteiger partial charge in [0, 0.05) is 5.56 Å². The maximum atomic E-state index is 13.0. The van der Waals surface area contributed by atoms with E-state index in [2.05, 4.69) is 31.1 Å². The second-order valence-electron chi connectivity index (χ2n) is 5.51. The van der Waals surface area contributed by atoms with Crippen LogP contribution in [0.4, 0.5) is 4.39 Å². The lowest BCUT2D eigenvalue weighted by atomic mass is 10.1. The van der Waals surface area contributed by atoms with E-state index in [0.717, 1.165) is 0 Å². The molecule has 1 N–H and O–H groups in total. The third-order valence-electron chi connectivity index (χ3n) is 3.21. The summed E-state index contributed by atoms with van der Waals surface area (Å²) in [6, 6.07) is 9.23. The molecule has 0 aliphatic rings. The first-order chi connectivity index (χ1) is 10.8. The first-order valence-electron chi connectivity index (χ1n) is 6.84. The molecule has 1 aromatic carbocycles. The highest BCUT2D eigenvalue weighted by molar-refractivity contribution is 9.10. The van der Waals surface area contributed by atoms with Crippen molar-refractivity contribution in [2.75, 3.05) is 0 Å². The summed E-state index contributed by atoms with van der Waals surface area (Å²) in [5, 5.41) is 18.0. The maximum absolute atomic E-state index is 13.0. The molecule has 23 heavy (non-hydrogen) atoms. The predicted octanol–water partition coefficient (Wildman–Crippen LogP) is 3.93. The molecule has 3 aromatic rings. The number of hydrogen-bond donors (Lipinski definition) is 1. The molecule has 0 spiro atoms. The number of benzene rings is 1. The second kappa shape index (κ2) is 5.82. The van der Waals surface area contributed by atoms with Crippen LogP contribution in [-0.4, -0.2) is 20.3 Å². The fraction of sp³-hybridized carbons (Fsp3) is 0.188. The van der Waals surface area contributed by atoms with E-state index >= 15 is 0 Å². The molecule has 2 aromatic heterocycles. The van der Waals surface area contributed by atoms with E-state index in [1.54, 1.807) is 38.1 Å². The molecule has 118 valence electrons. The first kappa shape index (κ1) is 15.8. The monoisotopic (exact) mass is 377 g/mol. The zero-order chi connectivity index (χ0) is 16.6. The predicted molar refractivity (Wildman–Crippen MR) is 85.9 cm³/mol. The minimum Gasteiger partial charge on any atom is -0.429 e. The Kier molecular flexibility index (Phi) is 3.99. The van der Waals surface area contributed by atoms with Crippen molar-refractivity contribution in [2.45, 2.75) is 19.4 Å². The highest BCUT2D eigenvalue weighted by atomic mass is 79.9. The quantitative estimate of drug-likeness (QED) is 0.748. The maximum Gasteiger partial charge on any atom is 0.228 e. The molecule has 0 aliphatic carbocycles. The van der Waals surface area contributed by atoms with E-state index in [9.17, 15) is 9.50 Å². The van der Waals surface area contributed by atoms with Crippen molar-refractivity contribution in [2.24, 2.45) is 0 Å². The van der Waals surface area contributed by atoms with E-state index in [1.165, 1.54) is 12.1 Å². The van der Waals surface area contributed by atoms with Gasteiger partial charge in [-0.05, 0) is 66.2 Å². The smallest absolute Gasteiger partial charge is 0.228 e. The average Bonchev–Trinajstić information content (AvgIpc) is 2.89. The van der Waals surface area contributed by atoms with Crippen LogP contribution in [0.2, 0.25) is 0 Å². The van der Waals surface area contributed by atoms with Gasteiger partial charge in [0.1, 0.15) is 22.8 Å². The minimum atomic E-state index is -1.06. The van der Waals surface area contributed by atoms with E-state index in [-0.39, 0.29) is 5.82 Å². The van der Waals surface area contributed by atoms with Crippen molar-refractivity contribution in [3.05, 3.63) is 52.6 Å². The third kappa shape index (κ3) is 3.30. The van der Waals surface area contributed by atoms with Gasteiger partial charge in [-0.3, -0.25) is 0 Å². The van der Waals surface area contributed by atoms with Gasteiger partial charge in [0.25, 0.3) is 0 Å². The molecular formula is C16H13BrFN3O2. The van der Waals surface area contributed by atoms with Crippen LogP contribution in [0.3, 0.4) is 0 Å². The number of aromatic nitrogens is 3. The lowest BCUT2D eigenvalue weighted by Crippen LogP contribution is -2.18. The fourth-order valence-electron chi connectivity index (χ4n) is 1.96. The molecule has 0 saturated heterocycles. The van der Waals surface area contributed by atoms with E-state index < -0.39 is 5.60 Å². The summed E-state index contributed by atoms with van der Waals surface area (Å²) in [5.41, 5.74) is 1.03. The van der Waals surface area contributed by atoms with Gasteiger partial charge in [0.05, 0.1) is 5.69 Å². The average molecular weight is 378 g/mol. The van der Waals surface area contributed by atoms with Crippen LogP contribution >= 0.6 is 15.9 Å². The van der Waals surface area contributed by atoms with Gasteiger partial charge < -0.3 is 9.52 Å². The van der Waals surface area contributed by atoms with Crippen LogP contribution in [0.5, 0.6) is 0 Å². The standard InChI is InChI=1S/C16H13BrFN3O2/c1-16(2,22)12-8-7-11(20-21-12)13-14(17)23-15(19-13)9-3-5-10(18)6-4-9/h3-8,22H,1-2H3. The lowest BCUT2D eigenvalue weighted by Gasteiger charge is -2.15. The van der Waals surface area contributed by atoms with E-state index in [4.69, 9.17) is 4.42 Å². The zero-order valence-electron chi connectivity index (χ0n) is 12.4. The van der Waals surface area contributed by atoms with Crippen LogP contribution < -0.4 is 0 Å². The van der Waals surface area contributed by atoms with Crippen molar-refractivity contribution in [1.82, 2.24) is 15.2 Å². The van der Waals surface area contributed by atoms with Gasteiger partial charge in [-0.2, -0.15) is 5.10 Å². The minimum absolute atomic E-state index is 0.326. The number of oxazole rings is 1. The van der Waals surface area contributed by atoms with Gasteiger partial charge in [0.2, 0.25) is 5.89 Å². The number of aliphatic hydroxyl groups is 1. The fourth-order valence-corrected chi connectivity index (χ4v) is 2.41. The largest absolute Gasteiger partial charge is 0.429 e. The van der Waals surface area contributed by atoms with Crippen molar-refractivity contribution >= 4 is 15.9 Å². The Morgan fingerprint density at radius 3 is 2.35 bits per heavy atom. The van der Waals surface area contributed by atoms with Crippen LogP contribution in [-0.2, 0) is 5.60 Å². The summed E-state index contributed by atoms with van der Waals surface area (Å²) in [7, 11) is 0. The summed E-state index contributed by atoms with van der Waals surface area (Å²) in [6.07, 6.45) is 0. The Labute approximate surface area is 140 Å². The van der Waals surface area contributed by atoms with Crippen molar-refractivity contribution < 1.29 is 13.9 Å². The molecule has 3 rings (SSSR count). The molecular weight excluding hydrogens is 365 g/mol. The Morgan fingerprint density at radius 2 is 1.78 bits per heavy atom. The molecule has 5 nitrogen and oxygen atoms in total. The first-order valence-corrected chi connectivity index (χ1v) is 7.63. The van der Waals surface area contributed by atoms with Crippen LogP contribution in [0.25, 0.3) is 22.8 Å². The Hall–Kier alpha value is -2.12. The highest BCUT2D eigenvalue weighted by Gasteiger charge is 2.20. The summed E-state index contributed by atoms with van der Waals surface area (Å²) < 4.78 is 19.0. The number of hydrogen-bond acceptors (Lipinski definition) is 5. The van der Waals surface area contributed by atoms with Gasteiger partial charge in [-0.1, -0.05) is 0 Å². The Bertz CT molecular complexity index is 824. The SMILES string of the molecule is CC(C)(O)c1ccc(-c2nc(-c3ccc(F)cc3)oc2Br)nn1. The topological polar surface area (TPSA) is 72.0 Å². The Balaban J connectivity index is 1.96.